The molecule has 8 nitrogen and oxygen atoms in total. The lowest BCUT2D eigenvalue weighted by Crippen LogP contribution is -2.47. The molecule has 28 heavy (non-hydrogen) atoms. The summed E-state index contributed by atoms with van der Waals surface area (Å²) in [4.78, 5) is 29.4. The highest BCUT2D eigenvalue weighted by Gasteiger charge is 2.23. The number of aromatic nitrogens is 5. The van der Waals surface area contributed by atoms with Crippen LogP contribution in [0.1, 0.15) is 38.4 Å². The van der Waals surface area contributed by atoms with Crippen molar-refractivity contribution in [3.05, 3.63) is 32.6 Å². The zero-order chi connectivity index (χ0) is 19.9. The van der Waals surface area contributed by atoms with Crippen molar-refractivity contribution in [2.45, 2.75) is 46.2 Å². The van der Waals surface area contributed by atoms with Crippen molar-refractivity contribution in [2.24, 2.45) is 0 Å². The molecule has 0 radical (unpaired) electrons. The fourth-order valence-electron chi connectivity index (χ4n) is 3.48. The molecule has 1 aliphatic heterocycles. The van der Waals surface area contributed by atoms with Gasteiger partial charge in [0.25, 0.3) is 5.56 Å². The molecule has 0 spiro atoms. The molecule has 3 aromatic rings. The first kappa shape index (κ1) is 19.1. The Morgan fingerprint density at radius 2 is 1.93 bits per heavy atom. The standard InChI is InChI=1S/C19H27N7OS/c1-5-15-21-13(12-28-15)11-24-6-8-25(9-7-24)18-22-16-14(17(27)23-18)10-20-26(16)19(2,3)4/h10,12H,5-9,11H2,1-4H3,(H,22,23,27). The first-order valence-electron chi connectivity index (χ1n) is 9.74. The monoisotopic (exact) mass is 401 g/mol. The fourth-order valence-corrected chi connectivity index (χ4v) is 4.21. The van der Waals surface area contributed by atoms with E-state index in [4.69, 9.17) is 4.98 Å². The molecular formula is C19H27N7OS. The van der Waals surface area contributed by atoms with Crippen molar-refractivity contribution in [1.29, 1.82) is 0 Å². The van der Waals surface area contributed by atoms with E-state index in [0.29, 0.717) is 17.0 Å². The highest BCUT2D eigenvalue weighted by Crippen LogP contribution is 2.20. The summed E-state index contributed by atoms with van der Waals surface area (Å²) in [7, 11) is 0. The largest absolute Gasteiger partial charge is 0.340 e. The Balaban J connectivity index is 1.50. The van der Waals surface area contributed by atoms with E-state index in [1.807, 2.05) is 4.68 Å². The number of aryl methyl sites for hydroxylation is 1. The van der Waals surface area contributed by atoms with Gasteiger partial charge < -0.3 is 4.90 Å². The Labute approximate surface area is 168 Å². The third-order valence-corrected chi connectivity index (χ3v) is 6.06. The van der Waals surface area contributed by atoms with E-state index in [0.717, 1.165) is 44.8 Å². The molecule has 0 aliphatic carbocycles. The van der Waals surface area contributed by atoms with Gasteiger partial charge in [0.15, 0.2) is 5.65 Å². The molecule has 4 rings (SSSR count). The van der Waals surface area contributed by atoms with Gasteiger partial charge in [0.05, 0.1) is 22.4 Å². The lowest BCUT2D eigenvalue weighted by molar-refractivity contribution is 0.246. The summed E-state index contributed by atoms with van der Waals surface area (Å²) in [5.41, 5.74) is 1.43. The smallest absolute Gasteiger partial charge is 0.263 e. The van der Waals surface area contributed by atoms with Gasteiger partial charge in [-0.2, -0.15) is 10.1 Å². The molecule has 0 aromatic carbocycles. The van der Waals surface area contributed by atoms with E-state index in [1.165, 1.54) is 5.01 Å². The molecule has 1 aliphatic rings. The van der Waals surface area contributed by atoms with Crippen LogP contribution in [-0.2, 0) is 18.5 Å². The summed E-state index contributed by atoms with van der Waals surface area (Å²) in [6.07, 6.45) is 2.59. The van der Waals surface area contributed by atoms with Crippen LogP contribution in [0.15, 0.2) is 16.4 Å². The Morgan fingerprint density at radius 3 is 2.57 bits per heavy atom. The van der Waals surface area contributed by atoms with Gasteiger partial charge in [-0.05, 0) is 27.2 Å². The molecule has 1 N–H and O–H groups in total. The maximum absolute atomic E-state index is 12.5. The van der Waals surface area contributed by atoms with Crippen molar-refractivity contribution in [1.82, 2.24) is 29.6 Å². The van der Waals surface area contributed by atoms with Gasteiger partial charge in [-0.15, -0.1) is 11.3 Å². The molecule has 0 amide bonds. The van der Waals surface area contributed by atoms with Crippen LogP contribution < -0.4 is 10.5 Å². The summed E-state index contributed by atoms with van der Waals surface area (Å²) >= 11 is 1.74. The molecule has 150 valence electrons. The molecule has 1 fully saturated rings. The van der Waals surface area contributed by atoms with Crippen LogP contribution in [-0.4, -0.2) is 55.8 Å². The second kappa shape index (κ2) is 7.29. The van der Waals surface area contributed by atoms with Crippen LogP contribution in [0.5, 0.6) is 0 Å². The average Bonchev–Trinajstić information content (AvgIpc) is 3.29. The third kappa shape index (κ3) is 3.68. The number of piperazine rings is 1. The number of rotatable bonds is 4. The Hall–Kier alpha value is -2.26. The minimum absolute atomic E-state index is 0.132. The van der Waals surface area contributed by atoms with Crippen molar-refractivity contribution in [3.63, 3.8) is 0 Å². The van der Waals surface area contributed by atoms with Gasteiger partial charge in [-0.1, -0.05) is 6.92 Å². The van der Waals surface area contributed by atoms with Crippen LogP contribution in [0.4, 0.5) is 5.95 Å². The first-order valence-corrected chi connectivity index (χ1v) is 10.6. The van der Waals surface area contributed by atoms with Gasteiger partial charge in [-0.3, -0.25) is 14.7 Å². The quantitative estimate of drug-likeness (QED) is 0.722. The maximum atomic E-state index is 12.5. The summed E-state index contributed by atoms with van der Waals surface area (Å²) < 4.78 is 1.82. The minimum Gasteiger partial charge on any atom is -0.340 e. The number of anilines is 1. The maximum Gasteiger partial charge on any atom is 0.263 e. The molecule has 4 heterocycles. The SMILES string of the molecule is CCc1nc(CN2CCN(c3nc4c(cnn4C(C)(C)C)c(=O)[nH]3)CC2)cs1. The molecule has 0 bridgehead atoms. The second-order valence-corrected chi connectivity index (χ2v) is 9.15. The Bertz CT molecular complexity index is 1020. The molecule has 1 saturated heterocycles. The van der Waals surface area contributed by atoms with Crippen molar-refractivity contribution >= 4 is 28.3 Å². The number of fused-ring (bicyclic) bond motifs is 1. The van der Waals surface area contributed by atoms with Crippen LogP contribution in [0.25, 0.3) is 11.0 Å². The number of hydrogen-bond donors (Lipinski definition) is 1. The predicted octanol–water partition coefficient (Wildman–Crippen LogP) is 2.22. The van der Waals surface area contributed by atoms with Crippen molar-refractivity contribution in [3.8, 4) is 0 Å². The number of aromatic amines is 1. The van der Waals surface area contributed by atoms with E-state index < -0.39 is 0 Å². The van der Waals surface area contributed by atoms with Gasteiger partial charge >= 0.3 is 0 Å². The summed E-state index contributed by atoms with van der Waals surface area (Å²) in [5, 5.41) is 8.27. The number of nitrogens with zero attached hydrogens (tertiary/aromatic N) is 6. The molecule has 9 heteroatoms. The molecule has 0 unspecified atom stereocenters. The highest BCUT2D eigenvalue weighted by molar-refractivity contribution is 7.09. The van der Waals surface area contributed by atoms with E-state index >= 15 is 0 Å². The van der Waals surface area contributed by atoms with E-state index in [9.17, 15) is 4.79 Å². The zero-order valence-corrected chi connectivity index (χ0v) is 17.7. The topological polar surface area (TPSA) is 82.9 Å². The van der Waals surface area contributed by atoms with E-state index in [-0.39, 0.29) is 11.1 Å². The lowest BCUT2D eigenvalue weighted by atomic mass is 10.1. The normalized spacial score (nSPS) is 16.2. The van der Waals surface area contributed by atoms with Crippen molar-refractivity contribution < 1.29 is 0 Å². The third-order valence-electron chi connectivity index (χ3n) is 5.02. The first-order chi connectivity index (χ1) is 13.3. The van der Waals surface area contributed by atoms with Gasteiger partial charge in [0.2, 0.25) is 5.95 Å². The highest BCUT2D eigenvalue weighted by atomic mass is 32.1. The summed E-state index contributed by atoms with van der Waals surface area (Å²) in [5.74, 6) is 0.630. The van der Waals surface area contributed by atoms with E-state index in [2.05, 4.69) is 57.9 Å². The van der Waals surface area contributed by atoms with Gasteiger partial charge in [-0.25, -0.2) is 9.67 Å². The zero-order valence-electron chi connectivity index (χ0n) is 16.9. The van der Waals surface area contributed by atoms with Gasteiger partial charge in [0.1, 0.15) is 5.39 Å². The lowest BCUT2D eigenvalue weighted by Gasteiger charge is -2.34. The van der Waals surface area contributed by atoms with Crippen LogP contribution in [0, 0.1) is 0 Å². The number of thiazole rings is 1. The minimum atomic E-state index is -0.233. The number of H-pyrrole nitrogens is 1. The summed E-state index contributed by atoms with van der Waals surface area (Å²) in [6, 6.07) is 0. The van der Waals surface area contributed by atoms with Crippen molar-refractivity contribution in [2.75, 3.05) is 31.1 Å². The summed E-state index contributed by atoms with van der Waals surface area (Å²) in [6.45, 7) is 12.7. The van der Waals surface area contributed by atoms with E-state index in [1.54, 1.807) is 17.5 Å². The molecule has 3 aromatic heterocycles. The molecule has 0 saturated carbocycles. The fraction of sp³-hybridized carbons (Fsp3) is 0.579. The van der Waals surface area contributed by atoms with Gasteiger partial charge in [0, 0.05) is 38.1 Å². The molecular weight excluding hydrogens is 374 g/mol. The average molecular weight is 402 g/mol. The second-order valence-electron chi connectivity index (χ2n) is 8.20. The van der Waals surface area contributed by atoms with Crippen LogP contribution in [0.2, 0.25) is 0 Å². The number of hydrogen-bond acceptors (Lipinski definition) is 7. The molecule has 0 atom stereocenters. The van der Waals surface area contributed by atoms with Crippen LogP contribution >= 0.6 is 11.3 Å². The van der Waals surface area contributed by atoms with Crippen LogP contribution in [0.3, 0.4) is 0 Å². The predicted molar refractivity (Wildman–Crippen MR) is 112 cm³/mol. The Kier molecular flexibility index (Phi) is 4.96. The Morgan fingerprint density at radius 1 is 1.18 bits per heavy atom. The number of nitrogens with one attached hydrogen (secondary N) is 1.